The summed E-state index contributed by atoms with van der Waals surface area (Å²) in [5, 5.41) is 0. The maximum Gasteiger partial charge on any atom is 0.253 e. The first-order valence-corrected chi connectivity index (χ1v) is 9.32. The van der Waals surface area contributed by atoms with Gasteiger partial charge in [0.05, 0.1) is 11.4 Å². The molecular formula is C16H24N2O3S. The lowest BCUT2D eigenvalue weighted by Crippen LogP contribution is -2.39. The summed E-state index contributed by atoms with van der Waals surface area (Å²) >= 11 is 0. The molecule has 0 aromatic heterocycles. The van der Waals surface area contributed by atoms with Gasteiger partial charge in [0, 0.05) is 25.7 Å². The normalized spacial score (nSPS) is 19.0. The van der Waals surface area contributed by atoms with Crippen molar-refractivity contribution in [3.05, 3.63) is 29.8 Å². The van der Waals surface area contributed by atoms with Crippen LogP contribution in [0.1, 0.15) is 37.0 Å². The molecule has 6 heteroatoms. The second-order valence-corrected chi connectivity index (χ2v) is 8.20. The van der Waals surface area contributed by atoms with Gasteiger partial charge in [-0.2, -0.15) is 0 Å². The van der Waals surface area contributed by atoms with Crippen molar-refractivity contribution in [1.29, 1.82) is 0 Å². The Hall–Kier alpha value is -1.56. The highest BCUT2D eigenvalue weighted by molar-refractivity contribution is 7.92. The van der Waals surface area contributed by atoms with Crippen molar-refractivity contribution >= 4 is 21.6 Å². The molecule has 0 saturated carbocycles. The zero-order valence-electron chi connectivity index (χ0n) is 13.4. The maximum absolute atomic E-state index is 12.5. The summed E-state index contributed by atoms with van der Waals surface area (Å²) in [6, 6.07) is 6.79. The molecule has 0 spiro atoms. The second kappa shape index (κ2) is 6.69. The lowest BCUT2D eigenvalue weighted by atomic mass is 9.99. The van der Waals surface area contributed by atoms with Crippen LogP contribution in [0, 0.1) is 5.92 Å². The monoisotopic (exact) mass is 324 g/mol. The Kier molecular flexibility index (Phi) is 5.11. The Morgan fingerprint density at radius 2 is 1.95 bits per heavy atom. The molecule has 2 rings (SSSR count). The summed E-state index contributed by atoms with van der Waals surface area (Å²) in [5.41, 5.74) is 1.19. The van der Waals surface area contributed by atoms with Gasteiger partial charge >= 0.3 is 0 Å². The Morgan fingerprint density at radius 3 is 2.50 bits per heavy atom. The Labute approximate surface area is 133 Å². The van der Waals surface area contributed by atoms with Crippen molar-refractivity contribution < 1.29 is 13.2 Å². The lowest BCUT2D eigenvalue weighted by Gasteiger charge is -2.31. The number of hydrogen-bond donors (Lipinski definition) is 0. The van der Waals surface area contributed by atoms with Gasteiger partial charge in [0.25, 0.3) is 5.91 Å². The van der Waals surface area contributed by atoms with Crippen LogP contribution in [0.5, 0.6) is 0 Å². The third-order valence-electron chi connectivity index (χ3n) is 4.20. The summed E-state index contributed by atoms with van der Waals surface area (Å²) in [6.45, 7) is 5.37. The van der Waals surface area contributed by atoms with Crippen molar-refractivity contribution in [3.63, 3.8) is 0 Å². The highest BCUT2D eigenvalue weighted by Crippen LogP contribution is 2.21. The van der Waals surface area contributed by atoms with Crippen LogP contribution in [-0.4, -0.2) is 45.1 Å². The van der Waals surface area contributed by atoms with Crippen LogP contribution in [0.15, 0.2) is 24.3 Å². The van der Waals surface area contributed by atoms with Crippen molar-refractivity contribution in [2.75, 3.05) is 30.2 Å². The summed E-state index contributed by atoms with van der Waals surface area (Å²) in [4.78, 5) is 14.4. The molecule has 5 nitrogen and oxygen atoms in total. The number of carbonyl (C=O) groups is 1. The van der Waals surface area contributed by atoms with Gasteiger partial charge in [-0.1, -0.05) is 6.92 Å². The minimum Gasteiger partial charge on any atom is -0.338 e. The highest BCUT2D eigenvalue weighted by atomic mass is 32.2. The molecular weight excluding hydrogens is 300 g/mol. The largest absolute Gasteiger partial charge is 0.338 e. The first-order valence-electron chi connectivity index (χ1n) is 7.71. The van der Waals surface area contributed by atoms with Gasteiger partial charge in [0.2, 0.25) is 10.0 Å². The predicted molar refractivity (Wildman–Crippen MR) is 88.6 cm³/mol. The smallest absolute Gasteiger partial charge is 0.253 e. The van der Waals surface area contributed by atoms with Crippen LogP contribution in [-0.2, 0) is 10.0 Å². The minimum absolute atomic E-state index is 0.0269. The van der Waals surface area contributed by atoms with Gasteiger partial charge in [-0.05, 0) is 49.9 Å². The summed E-state index contributed by atoms with van der Waals surface area (Å²) in [5.74, 6) is 0.618. The van der Waals surface area contributed by atoms with E-state index in [9.17, 15) is 13.2 Å². The van der Waals surface area contributed by atoms with Gasteiger partial charge in [0.1, 0.15) is 0 Å². The van der Waals surface area contributed by atoms with Crippen LogP contribution >= 0.6 is 0 Å². The van der Waals surface area contributed by atoms with E-state index in [-0.39, 0.29) is 11.7 Å². The fraction of sp³-hybridized carbons (Fsp3) is 0.562. The third kappa shape index (κ3) is 3.61. The molecule has 1 atom stereocenters. The average molecular weight is 324 g/mol. The molecule has 1 saturated heterocycles. The summed E-state index contributed by atoms with van der Waals surface area (Å²) in [7, 11) is -1.74. The fourth-order valence-electron chi connectivity index (χ4n) is 2.72. The van der Waals surface area contributed by atoms with Gasteiger partial charge in [-0.15, -0.1) is 0 Å². The molecule has 122 valence electrons. The van der Waals surface area contributed by atoms with E-state index in [4.69, 9.17) is 0 Å². The van der Waals surface area contributed by atoms with Crippen LogP contribution in [0.3, 0.4) is 0 Å². The highest BCUT2D eigenvalue weighted by Gasteiger charge is 2.22. The number of nitrogens with zero attached hydrogens (tertiary/aromatic N) is 2. The first kappa shape index (κ1) is 16.8. The summed E-state index contributed by atoms with van der Waals surface area (Å²) < 4.78 is 25.0. The Morgan fingerprint density at radius 1 is 1.32 bits per heavy atom. The van der Waals surface area contributed by atoms with E-state index in [1.165, 1.54) is 17.8 Å². The molecule has 0 unspecified atom stereocenters. The standard InChI is InChI=1S/C16H24N2O3S/c1-4-22(20,21)17(3)15-9-7-14(8-10-15)16(19)18-11-5-6-13(2)12-18/h7-10,13H,4-6,11-12H2,1-3H3/t13-/m0/s1. The average Bonchev–Trinajstić information content (AvgIpc) is 2.53. The molecule has 1 aromatic rings. The minimum atomic E-state index is -3.27. The number of benzene rings is 1. The van der Waals surface area contributed by atoms with Crippen LogP contribution < -0.4 is 4.31 Å². The van der Waals surface area contributed by atoms with E-state index in [0.29, 0.717) is 17.2 Å². The molecule has 1 aliphatic rings. The molecule has 1 aliphatic heterocycles. The van der Waals surface area contributed by atoms with E-state index in [1.807, 2.05) is 4.90 Å². The van der Waals surface area contributed by atoms with Gasteiger partial charge in [0.15, 0.2) is 0 Å². The van der Waals surface area contributed by atoms with Crippen molar-refractivity contribution in [2.24, 2.45) is 5.92 Å². The second-order valence-electron chi connectivity index (χ2n) is 5.91. The van der Waals surface area contributed by atoms with Gasteiger partial charge < -0.3 is 4.90 Å². The van der Waals surface area contributed by atoms with E-state index in [1.54, 1.807) is 31.2 Å². The molecule has 22 heavy (non-hydrogen) atoms. The van der Waals surface area contributed by atoms with Gasteiger partial charge in [-0.25, -0.2) is 8.42 Å². The van der Waals surface area contributed by atoms with Crippen molar-refractivity contribution in [3.8, 4) is 0 Å². The molecule has 0 bridgehead atoms. The number of carbonyl (C=O) groups excluding carboxylic acids is 1. The lowest BCUT2D eigenvalue weighted by molar-refractivity contribution is 0.0683. The third-order valence-corrected chi connectivity index (χ3v) is 5.98. The Bertz CT molecular complexity index is 625. The number of likely N-dealkylation sites (tertiary alicyclic amines) is 1. The van der Waals surface area contributed by atoms with Crippen molar-refractivity contribution in [2.45, 2.75) is 26.7 Å². The maximum atomic E-state index is 12.5. The molecule has 1 heterocycles. The van der Waals surface area contributed by atoms with Crippen molar-refractivity contribution in [1.82, 2.24) is 4.90 Å². The van der Waals surface area contributed by atoms with E-state index < -0.39 is 10.0 Å². The molecule has 0 radical (unpaired) electrons. The molecule has 1 amide bonds. The molecule has 0 N–H and O–H groups in total. The zero-order chi connectivity index (χ0) is 16.3. The number of piperidine rings is 1. The first-order chi connectivity index (χ1) is 10.3. The summed E-state index contributed by atoms with van der Waals surface area (Å²) in [6.07, 6.45) is 2.21. The zero-order valence-corrected chi connectivity index (χ0v) is 14.3. The Balaban J connectivity index is 2.13. The van der Waals surface area contributed by atoms with Crippen LogP contribution in [0.4, 0.5) is 5.69 Å². The quantitative estimate of drug-likeness (QED) is 0.854. The number of amides is 1. The van der Waals surface area contributed by atoms with Crippen LogP contribution in [0.2, 0.25) is 0 Å². The SMILES string of the molecule is CCS(=O)(=O)N(C)c1ccc(C(=O)N2CCC[C@H](C)C2)cc1. The topological polar surface area (TPSA) is 57.7 Å². The van der Waals surface area contributed by atoms with E-state index in [0.717, 1.165) is 19.5 Å². The van der Waals surface area contributed by atoms with Gasteiger partial charge in [-0.3, -0.25) is 9.10 Å². The molecule has 1 fully saturated rings. The number of sulfonamides is 1. The predicted octanol–water partition coefficient (Wildman–Crippen LogP) is 2.34. The van der Waals surface area contributed by atoms with E-state index in [2.05, 4.69) is 6.92 Å². The number of anilines is 1. The number of hydrogen-bond acceptors (Lipinski definition) is 3. The fourth-order valence-corrected chi connectivity index (χ4v) is 3.55. The van der Waals surface area contributed by atoms with E-state index >= 15 is 0 Å². The molecule has 0 aliphatic carbocycles. The number of rotatable bonds is 4. The van der Waals surface area contributed by atoms with Crippen LogP contribution in [0.25, 0.3) is 0 Å². The molecule has 1 aromatic carbocycles.